The van der Waals surface area contributed by atoms with E-state index in [9.17, 15) is 0 Å². The summed E-state index contributed by atoms with van der Waals surface area (Å²) >= 11 is 3.38. The number of nitrogens with zero attached hydrogens (tertiary/aromatic N) is 2. The fourth-order valence-electron chi connectivity index (χ4n) is 1.25. The highest BCUT2D eigenvalue weighted by atomic mass is 79.9. The molecule has 0 amide bonds. The van der Waals surface area contributed by atoms with Crippen LogP contribution in [0, 0.1) is 0 Å². The molecule has 0 fully saturated rings. The number of rotatable bonds is 3. The molecule has 0 saturated carbocycles. The van der Waals surface area contributed by atoms with Gasteiger partial charge in [0.1, 0.15) is 0 Å². The van der Waals surface area contributed by atoms with Gasteiger partial charge in [-0.15, -0.1) is 0 Å². The van der Waals surface area contributed by atoms with Crippen LogP contribution in [0.4, 0.5) is 0 Å². The molecule has 1 aromatic carbocycles. The summed E-state index contributed by atoms with van der Waals surface area (Å²) in [5.41, 5.74) is 6.47. The van der Waals surface area contributed by atoms with Gasteiger partial charge in [0.15, 0.2) is 0 Å². The summed E-state index contributed by atoms with van der Waals surface area (Å²) in [6, 6.07) is 7.76. The highest BCUT2D eigenvalue weighted by molar-refractivity contribution is 9.10. The molecule has 5 heteroatoms. The molecular formula is C11H12BrN3O. The maximum Gasteiger partial charge on any atom is 0.231 e. The van der Waals surface area contributed by atoms with E-state index >= 15 is 0 Å². The smallest absolute Gasteiger partial charge is 0.231 e. The van der Waals surface area contributed by atoms with Gasteiger partial charge in [-0.1, -0.05) is 28.0 Å². The SMILES string of the molecule is CC(CN)c1nc(-c2ccc(Br)cc2)no1. The largest absolute Gasteiger partial charge is 0.339 e. The fourth-order valence-corrected chi connectivity index (χ4v) is 1.52. The molecule has 16 heavy (non-hydrogen) atoms. The van der Waals surface area contributed by atoms with Crippen molar-refractivity contribution in [2.24, 2.45) is 5.73 Å². The van der Waals surface area contributed by atoms with Crippen molar-refractivity contribution in [1.82, 2.24) is 10.1 Å². The van der Waals surface area contributed by atoms with Crippen molar-refractivity contribution < 1.29 is 4.52 Å². The average molecular weight is 282 g/mol. The number of benzene rings is 1. The first kappa shape index (κ1) is 11.3. The van der Waals surface area contributed by atoms with E-state index < -0.39 is 0 Å². The molecule has 0 saturated heterocycles. The third-order valence-corrected chi connectivity index (χ3v) is 2.85. The molecule has 1 atom stereocenters. The van der Waals surface area contributed by atoms with Gasteiger partial charge in [0, 0.05) is 22.5 Å². The third-order valence-electron chi connectivity index (χ3n) is 2.32. The lowest BCUT2D eigenvalue weighted by atomic mass is 10.2. The van der Waals surface area contributed by atoms with Crippen molar-refractivity contribution in [3.63, 3.8) is 0 Å². The summed E-state index contributed by atoms with van der Waals surface area (Å²) in [4.78, 5) is 4.31. The summed E-state index contributed by atoms with van der Waals surface area (Å²) in [6.45, 7) is 2.46. The lowest BCUT2D eigenvalue weighted by Gasteiger charge is -1.98. The van der Waals surface area contributed by atoms with E-state index in [1.165, 1.54) is 0 Å². The van der Waals surface area contributed by atoms with Gasteiger partial charge >= 0.3 is 0 Å². The molecule has 2 N–H and O–H groups in total. The zero-order chi connectivity index (χ0) is 11.5. The molecule has 0 spiro atoms. The van der Waals surface area contributed by atoms with Gasteiger partial charge in [0.05, 0.1) is 0 Å². The van der Waals surface area contributed by atoms with Gasteiger partial charge in [-0.3, -0.25) is 0 Å². The number of hydrogen-bond acceptors (Lipinski definition) is 4. The second-order valence-corrected chi connectivity index (χ2v) is 4.52. The van der Waals surface area contributed by atoms with E-state index in [1.807, 2.05) is 31.2 Å². The van der Waals surface area contributed by atoms with Crippen molar-refractivity contribution >= 4 is 15.9 Å². The minimum atomic E-state index is 0.0942. The molecule has 2 aromatic rings. The van der Waals surface area contributed by atoms with Crippen molar-refractivity contribution in [3.8, 4) is 11.4 Å². The van der Waals surface area contributed by atoms with Crippen molar-refractivity contribution in [3.05, 3.63) is 34.6 Å². The number of hydrogen-bond donors (Lipinski definition) is 1. The van der Waals surface area contributed by atoms with Crippen LogP contribution in [0.3, 0.4) is 0 Å². The Morgan fingerprint density at radius 3 is 2.69 bits per heavy atom. The Hall–Kier alpha value is -1.20. The Labute approximate surface area is 102 Å². The minimum absolute atomic E-state index is 0.0942. The van der Waals surface area contributed by atoms with Gasteiger partial charge in [-0.2, -0.15) is 4.98 Å². The summed E-state index contributed by atoms with van der Waals surface area (Å²) in [6.07, 6.45) is 0. The van der Waals surface area contributed by atoms with Gasteiger partial charge in [-0.25, -0.2) is 0 Å². The third kappa shape index (κ3) is 2.31. The van der Waals surface area contributed by atoms with Crippen LogP contribution < -0.4 is 5.73 Å². The first-order valence-corrected chi connectivity index (χ1v) is 5.79. The minimum Gasteiger partial charge on any atom is -0.339 e. The highest BCUT2D eigenvalue weighted by Crippen LogP contribution is 2.21. The van der Waals surface area contributed by atoms with Gasteiger partial charge in [0.25, 0.3) is 0 Å². The standard InChI is InChI=1S/C11H12BrN3O/c1-7(6-13)11-14-10(15-16-11)8-2-4-9(12)5-3-8/h2-5,7H,6,13H2,1H3. The summed E-state index contributed by atoms with van der Waals surface area (Å²) < 4.78 is 6.17. The molecule has 1 unspecified atom stereocenters. The second-order valence-electron chi connectivity index (χ2n) is 3.60. The fraction of sp³-hybridized carbons (Fsp3) is 0.273. The van der Waals surface area contributed by atoms with Crippen LogP contribution in [0.1, 0.15) is 18.7 Å². The quantitative estimate of drug-likeness (QED) is 0.939. The average Bonchev–Trinajstić information content (AvgIpc) is 2.78. The Morgan fingerprint density at radius 1 is 1.38 bits per heavy atom. The van der Waals surface area contributed by atoms with E-state index in [0.717, 1.165) is 10.0 Å². The van der Waals surface area contributed by atoms with E-state index in [1.54, 1.807) is 0 Å². The molecular weight excluding hydrogens is 270 g/mol. The maximum atomic E-state index is 5.54. The van der Waals surface area contributed by atoms with Crippen LogP contribution in [0.25, 0.3) is 11.4 Å². The van der Waals surface area contributed by atoms with Gasteiger partial charge in [0.2, 0.25) is 11.7 Å². The van der Waals surface area contributed by atoms with Crippen LogP contribution >= 0.6 is 15.9 Å². The summed E-state index contributed by atoms with van der Waals surface area (Å²) in [7, 11) is 0. The monoisotopic (exact) mass is 281 g/mol. The molecule has 84 valence electrons. The Morgan fingerprint density at radius 2 is 2.06 bits per heavy atom. The van der Waals surface area contributed by atoms with Crippen LogP contribution in [-0.2, 0) is 0 Å². The lowest BCUT2D eigenvalue weighted by molar-refractivity contribution is 0.361. The Kier molecular flexibility index (Phi) is 3.36. The zero-order valence-corrected chi connectivity index (χ0v) is 10.4. The number of aromatic nitrogens is 2. The molecule has 0 aliphatic rings. The van der Waals surface area contributed by atoms with Gasteiger partial charge in [-0.05, 0) is 24.3 Å². The van der Waals surface area contributed by atoms with E-state index in [2.05, 4.69) is 26.1 Å². The molecule has 1 heterocycles. The van der Waals surface area contributed by atoms with E-state index in [4.69, 9.17) is 10.3 Å². The Balaban J connectivity index is 2.28. The highest BCUT2D eigenvalue weighted by Gasteiger charge is 2.13. The first-order chi connectivity index (χ1) is 7.70. The molecule has 0 aliphatic carbocycles. The summed E-state index contributed by atoms with van der Waals surface area (Å²) in [5.74, 6) is 1.28. The molecule has 0 bridgehead atoms. The predicted octanol–water partition coefficient (Wildman–Crippen LogP) is 2.56. The lowest BCUT2D eigenvalue weighted by Crippen LogP contribution is -2.08. The van der Waals surface area contributed by atoms with Crippen molar-refractivity contribution in [2.75, 3.05) is 6.54 Å². The summed E-state index contributed by atoms with van der Waals surface area (Å²) in [5, 5.41) is 3.93. The molecule has 4 nitrogen and oxygen atoms in total. The van der Waals surface area contributed by atoms with Gasteiger partial charge < -0.3 is 10.3 Å². The van der Waals surface area contributed by atoms with Crippen LogP contribution in [0.2, 0.25) is 0 Å². The normalized spacial score (nSPS) is 12.7. The predicted molar refractivity (Wildman–Crippen MR) is 64.9 cm³/mol. The number of halogens is 1. The molecule has 0 aliphatic heterocycles. The first-order valence-electron chi connectivity index (χ1n) is 5.00. The van der Waals surface area contributed by atoms with Crippen molar-refractivity contribution in [1.29, 1.82) is 0 Å². The zero-order valence-electron chi connectivity index (χ0n) is 8.85. The second kappa shape index (κ2) is 4.76. The van der Waals surface area contributed by atoms with Crippen molar-refractivity contribution in [2.45, 2.75) is 12.8 Å². The van der Waals surface area contributed by atoms with E-state index in [-0.39, 0.29) is 5.92 Å². The number of nitrogens with two attached hydrogens (primary N) is 1. The van der Waals surface area contributed by atoms with E-state index in [0.29, 0.717) is 18.3 Å². The molecule has 2 rings (SSSR count). The Bertz CT molecular complexity index is 466. The molecule has 1 aromatic heterocycles. The molecule has 0 radical (unpaired) electrons. The van der Waals surface area contributed by atoms with Crippen LogP contribution in [0.5, 0.6) is 0 Å². The van der Waals surface area contributed by atoms with Crippen LogP contribution in [-0.4, -0.2) is 16.7 Å². The topological polar surface area (TPSA) is 64.9 Å². The van der Waals surface area contributed by atoms with Crippen LogP contribution in [0.15, 0.2) is 33.3 Å². The maximum absolute atomic E-state index is 5.54.